The third kappa shape index (κ3) is 2.52. The van der Waals surface area contributed by atoms with Crippen molar-refractivity contribution in [3.8, 4) is 11.1 Å². The van der Waals surface area contributed by atoms with Crippen molar-refractivity contribution in [1.29, 1.82) is 0 Å². The van der Waals surface area contributed by atoms with Gasteiger partial charge in [0.2, 0.25) is 7.29 Å². The van der Waals surface area contributed by atoms with Gasteiger partial charge in [0.15, 0.2) is 0 Å². The third-order valence-electron chi connectivity index (χ3n) is 4.46. The molecule has 3 aromatic carbocycles. The van der Waals surface area contributed by atoms with E-state index in [0.717, 1.165) is 25.8 Å². The van der Waals surface area contributed by atoms with Crippen molar-refractivity contribution in [3.05, 3.63) is 75.4 Å². The molecule has 0 fully saturated rings. The Kier molecular flexibility index (Phi) is 4.14. The summed E-state index contributed by atoms with van der Waals surface area (Å²) in [5.41, 5.74) is 2.55. The SMILES string of the molecule is CN1c2c(Br)cc(Br)cc2-c2ccc(F)cc2[P@@]1(=O)c1ccccc1. The minimum atomic E-state index is -3.20. The topological polar surface area (TPSA) is 20.3 Å². The minimum absolute atomic E-state index is 0.388. The zero-order valence-corrected chi connectivity index (χ0v) is 17.3. The zero-order chi connectivity index (χ0) is 17.8. The van der Waals surface area contributed by atoms with E-state index in [1.807, 2.05) is 42.5 Å². The lowest BCUT2D eigenvalue weighted by molar-refractivity contribution is 0.585. The van der Waals surface area contributed by atoms with E-state index >= 15 is 0 Å². The molecule has 0 amide bonds. The molecule has 0 aliphatic carbocycles. The second-order valence-corrected chi connectivity index (χ2v) is 10.4. The average Bonchev–Trinajstić information content (AvgIpc) is 2.59. The van der Waals surface area contributed by atoms with Crippen molar-refractivity contribution < 1.29 is 8.96 Å². The van der Waals surface area contributed by atoms with E-state index in [-0.39, 0.29) is 5.82 Å². The summed E-state index contributed by atoms with van der Waals surface area (Å²) in [6, 6.07) is 17.7. The van der Waals surface area contributed by atoms with Gasteiger partial charge in [-0.05, 0) is 57.9 Å². The predicted octanol–water partition coefficient (Wildman–Crippen LogP) is 5.70. The average molecular weight is 481 g/mol. The Hall–Kier alpha value is -1.42. The number of rotatable bonds is 1. The van der Waals surface area contributed by atoms with Gasteiger partial charge in [0, 0.05) is 32.2 Å². The molecule has 1 aliphatic heterocycles. The quantitative estimate of drug-likeness (QED) is 0.416. The summed E-state index contributed by atoms with van der Waals surface area (Å²) in [5, 5.41) is 1.21. The van der Waals surface area contributed by atoms with Crippen molar-refractivity contribution >= 4 is 55.4 Å². The molecular weight excluding hydrogens is 468 g/mol. The van der Waals surface area contributed by atoms with Crippen LogP contribution in [0.3, 0.4) is 0 Å². The normalized spacial score (nSPS) is 18.6. The lowest BCUT2D eigenvalue weighted by atomic mass is 10.0. The maximum absolute atomic E-state index is 14.3. The fraction of sp³-hybridized carbons (Fsp3) is 0.0526. The number of hydrogen-bond donors (Lipinski definition) is 0. The Morgan fingerprint density at radius 1 is 0.960 bits per heavy atom. The first kappa shape index (κ1) is 17.0. The molecule has 0 N–H and O–H groups in total. The van der Waals surface area contributed by atoms with E-state index in [1.165, 1.54) is 12.1 Å². The number of anilines is 1. The molecule has 1 atom stereocenters. The third-order valence-corrected chi connectivity index (χ3v) is 8.59. The Morgan fingerprint density at radius 3 is 2.40 bits per heavy atom. The van der Waals surface area contributed by atoms with Gasteiger partial charge in [0.05, 0.1) is 5.69 Å². The van der Waals surface area contributed by atoms with Gasteiger partial charge in [-0.15, -0.1) is 0 Å². The molecule has 3 aromatic rings. The number of fused-ring (bicyclic) bond motifs is 3. The van der Waals surface area contributed by atoms with Crippen LogP contribution in [0, 0.1) is 5.82 Å². The highest BCUT2D eigenvalue weighted by Crippen LogP contribution is 2.58. The predicted molar refractivity (Wildman–Crippen MR) is 109 cm³/mol. The highest BCUT2D eigenvalue weighted by atomic mass is 79.9. The van der Waals surface area contributed by atoms with Gasteiger partial charge in [0.1, 0.15) is 5.82 Å². The van der Waals surface area contributed by atoms with Gasteiger partial charge in [-0.1, -0.05) is 40.2 Å². The van der Waals surface area contributed by atoms with Crippen LogP contribution in [0.5, 0.6) is 0 Å². The van der Waals surface area contributed by atoms with Crippen LogP contribution >= 0.6 is 39.2 Å². The second kappa shape index (κ2) is 6.08. The van der Waals surface area contributed by atoms with Crippen molar-refractivity contribution in [3.63, 3.8) is 0 Å². The second-order valence-electron chi connectivity index (χ2n) is 5.88. The Labute approximate surface area is 162 Å². The summed E-state index contributed by atoms with van der Waals surface area (Å²) in [5.74, 6) is -0.388. The van der Waals surface area contributed by atoms with E-state index < -0.39 is 7.29 Å². The smallest absolute Gasteiger partial charge is 0.230 e. The molecule has 0 unspecified atom stereocenters. The number of hydrogen-bond acceptors (Lipinski definition) is 1. The molecule has 0 saturated heterocycles. The van der Waals surface area contributed by atoms with Crippen LogP contribution in [0.25, 0.3) is 11.1 Å². The van der Waals surface area contributed by atoms with Gasteiger partial charge in [-0.3, -0.25) is 4.57 Å². The summed E-state index contributed by atoms with van der Waals surface area (Å²) in [7, 11) is -1.40. The maximum atomic E-state index is 14.3. The first-order chi connectivity index (χ1) is 11.9. The fourth-order valence-electron chi connectivity index (χ4n) is 3.33. The molecule has 6 heteroatoms. The highest BCUT2D eigenvalue weighted by Gasteiger charge is 2.41. The molecule has 25 heavy (non-hydrogen) atoms. The van der Waals surface area contributed by atoms with Crippen molar-refractivity contribution in [2.75, 3.05) is 11.7 Å². The standard InChI is InChI=1S/C19H13Br2FNOP/c1-23-19-16(9-12(20)10-17(19)21)15-8-7-13(22)11-18(15)25(23,24)14-5-3-2-4-6-14/h2-11H,1H3/t25-/m0/s1. The van der Waals surface area contributed by atoms with Crippen molar-refractivity contribution in [1.82, 2.24) is 0 Å². The maximum Gasteiger partial charge on any atom is 0.230 e. The van der Waals surface area contributed by atoms with Crippen LogP contribution in [0.2, 0.25) is 0 Å². The van der Waals surface area contributed by atoms with Crippen LogP contribution in [0.15, 0.2) is 69.6 Å². The molecule has 2 nitrogen and oxygen atoms in total. The fourth-order valence-corrected chi connectivity index (χ4v) is 7.80. The Bertz CT molecular complexity index is 1040. The van der Waals surface area contributed by atoms with Crippen LogP contribution in [0.4, 0.5) is 10.1 Å². The largest absolute Gasteiger partial charge is 0.317 e. The molecule has 1 aliphatic rings. The molecule has 1 heterocycles. The van der Waals surface area contributed by atoms with Crippen molar-refractivity contribution in [2.45, 2.75) is 0 Å². The molecule has 0 aromatic heterocycles. The minimum Gasteiger partial charge on any atom is -0.317 e. The van der Waals surface area contributed by atoms with Gasteiger partial charge in [0.25, 0.3) is 0 Å². The Morgan fingerprint density at radius 2 is 1.68 bits per heavy atom. The van der Waals surface area contributed by atoms with E-state index in [1.54, 1.807) is 17.8 Å². The van der Waals surface area contributed by atoms with Crippen LogP contribution in [0.1, 0.15) is 0 Å². The zero-order valence-electron chi connectivity index (χ0n) is 13.2. The van der Waals surface area contributed by atoms with Gasteiger partial charge < -0.3 is 4.67 Å². The number of halogens is 3. The summed E-state index contributed by atoms with van der Waals surface area (Å²) < 4.78 is 31.9. The first-order valence-electron chi connectivity index (χ1n) is 7.62. The van der Waals surface area contributed by atoms with Crippen LogP contribution in [-0.2, 0) is 4.57 Å². The first-order valence-corrected chi connectivity index (χ1v) is 10.9. The lowest BCUT2D eigenvalue weighted by Crippen LogP contribution is -2.34. The van der Waals surface area contributed by atoms with Gasteiger partial charge in [-0.25, -0.2) is 4.39 Å². The summed E-state index contributed by atoms with van der Waals surface area (Å²) in [6.07, 6.45) is 0. The molecule has 0 bridgehead atoms. The van der Waals surface area contributed by atoms with E-state index in [0.29, 0.717) is 10.6 Å². The van der Waals surface area contributed by atoms with E-state index in [4.69, 9.17) is 0 Å². The molecule has 0 saturated carbocycles. The molecule has 4 rings (SSSR count). The molecular formula is C19H13Br2FNOP. The van der Waals surface area contributed by atoms with Crippen LogP contribution in [-0.4, -0.2) is 7.05 Å². The van der Waals surface area contributed by atoms with Gasteiger partial charge in [-0.2, -0.15) is 0 Å². The number of nitrogens with zero attached hydrogens (tertiary/aromatic N) is 1. The lowest BCUT2D eigenvalue weighted by Gasteiger charge is -2.38. The molecule has 0 radical (unpaired) electrons. The van der Waals surface area contributed by atoms with Crippen LogP contribution < -0.4 is 15.3 Å². The molecule has 126 valence electrons. The monoisotopic (exact) mass is 479 g/mol. The van der Waals surface area contributed by atoms with Gasteiger partial charge >= 0.3 is 0 Å². The van der Waals surface area contributed by atoms with Crippen molar-refractivity contribution in [2.24, 2.45) is 0 Å². The summed E-state index contributed by atoms with van der Waals surface area (Å²) >= 11 is 7.11. The summed E-state index contributed by atoms with van der Waals surface area (Å²) in [6.45, 7) is 0. The van der Waals surface area contributed by atoms with E-state index in [2.05, 4.69) is 31.9 Å². The highest BCUT2D eigenvalue weighted by molar-refractivity contribution is 9.11. The Balaban J connectivity index is 2.13. The number of benzene rings is 3. The summed E-state index contributed by atoms with van der Waals surface area (Å²) in [4.78, 5) is 0. The van der Waals surface area contributed by atoms with E-state index in [9.17, 15) is 8.96 Å². The molecule has 0 spiro atoms.